The molecule has 17 nitrogen and oxygen atoms in total. The number of aliphatic hydroxyl groups excluding tert-OH is 1. The minimum atomic E-state index is -1.97. The number of ether oxygens (including phenoxy) is 1. The molecule has 0 spiro atoms. The van der Waals surface area contributed by atoms with Crippen LogP contribution in [0.25, 0.3) is 31.8 Å². The Morgan fingerprint density at radius 3 is 2.44 bits per heavy atom. The van der Waals surface area contributed by atoms with Gasteiger partial charge in [-0.05, 0) is 136 Å². The number of unbranched alkanes of at least 4 members (excludes halogenated alkanes) is 3. The van der Waals surface area contributed by atoms with Crippen LogP contribution >= 0.6 is 22.7 Å². The van der Waals surface area contributed by atoms with Gasteiger partial charge in [-0.1, -0.05) is 101 Å². The Balaban J connectivity index is 0.727. The SMILES string of the molecule is Cc1ncsc1-c1ccc(CNC(=O)[C@@H]2C[C@@H](O)CC2C(=O)[C@@H](NC(=O)C2(F)CC2)C(C)(C)C)c(OCCCCCCNC(=O)c2nc(N3CCc4cccc(C(=O)Nc5nc6ccccc6s5)c4C3)ccc2-c2cnn(CC3CCCCC3)c2C)c1. The van der Waals surface area contributed by atoms with Gasteiger partial charge >= 0.3 is 0 Å². The zero-order chi connectivity index (χ0) is 61.0. The lowest BCUT2D eigenvalue weighted by Crippen LogP contribution is -2.54. The van der Waals surface area contributed by atoms with Crippen LogP contribution in [0.4, 0.5) is 15.3 Å². The van der Waals surface area contributed by atoms with Gasteiger partial charge in [-0.25, -0.2) is 19.3 Å². The number of aromatic nitrogens is 5. The number of pyridine rings is 1. The highest BCUT2D eigenvalue weighted by Gasteiger charge is 2.54. The van der Waals surface area contributed by atoms with Crippen molar-refractivity contribution in [2.75, 3.05) is 29.9 Å². The predicted molar refractivity (Wildman–Crippen MR) is 338 cm³/mol. The van der Waals surface area contributed by atoms with Gasteiger partial charge in [0.1, 0.15) is 17.3 Å². The minimum absolute atomic E-state index is 0.0669. The summed E-state index contributed by atoms with van der Waals surface area (Å²) in [6.07, 6.45) is 11.3. The average molecular weight is 1220 g/mol. The van der Waals surface area contributed by atoms with E-state index in [4.69, 9.17) is 14.8 Å². The molecule has 4 aromatic heterocycles. The maximum Gasteiger partial charge on any atom is 0.270 e. The number of rotatable bonds is 23. The van der Waals surface area contributed by atoms with Gasteiger partial charge in [-0.2, -0.15) is 5.10 Å². The lowest BCUT2D eigenvalue weighted by atomic mass is 9.77. The number of hydrogen-bond acceptors (Lipinski definition) is 14. The van der Waals surface area contributed by atoms with E-state index in [2.05, 4.69) is 53.8 Å². The molecule has 4 amide bonds. The summed E-state index contributed by atoms with van der Waals surface area (Å²) in [4.78, 5) is 86.8. The number of nitrogens with one attached hydrogen (secondary N) is 4. The highest BCUT2D eigenvalue weighted by molar-refractivity contribution is 7.22. The number of para-hydroxylation sites is 1. The third-order valence-corrected chi connectivity index (χ3v) is 19.8. The zero-order valence-corrected chi connectivity index (χ0v) is 52.0. The third kappa shape index (κ3) is 14.1. The third-order valence-electron chi connectivity index (χ3n) is 17.9. The second kappa shape index (κ2) is 26.5. The van der Waals surface area contributed by atoms with Gasteiger partial charge in [0.2, 0.25) is 5.91 Å². The first-order valence-corrected chi connectivity index (χ1v) is 32.6. The lowest BCUT2D eigenvalue weighted by molar-refractivity contribution is -0.138. The fourth-order valence-electron chi connectivity index (χ4n) is 12.7. The first kappa shape index (κ1) is 61.2. The van der Waals surface area contributed by atoms with E-state index in [9.17, 15) is 33.5 Å². The highest BCUT2D eigenvalue weighted by Crippen LogP contribution is 2.42. The van der Waals surface area contributed by atoms with Crippen molar-refractivity contribution in [2.24, 2.45) is 23.2 Å². The van der Waals surface area contributed by atoms with Gasteiger partial charge in [-0.15, -0.1) is 11.3 Å². The average Bonchev–Trinajstić information content (AvgIpc) is 2.46. The van der Waals surface area contributed by atoms with Crippen LogP contribution in [0.5, 0.6) is 5.75 Å². The largest absolute Gasteiger partial charge is 0.493 e. The molecule has 5 heterocycles. The number of Topliss-reactive ketones (excluding diaryl/α,β-unsaturated/α-hetero) is 1. The maximum absolute atomic E-state index is 14.8. The van der Waals surface area contributed by atoms with Crippen molar-refractivity contribution in [1.82, 2.24) is 40.7 Å². The molecule has 3 aliphatic carbocycles. The quantitative estimate of drug-likeness (QED) is 0.0378. The molecule has 458 valence electrons. The Hall–Kier alpha value is -7.42. The Morgan fingerprint density at radius 1 is 0.874 bits per heavy atom. The minimum Gasteiger partial charge on any atom is -0.493 e. The first-order chi connectivity index (χ1) is 41.9. The number of anilines is 2. The van der Waals surface area contributed by atoms with E-state index in [1.54, 1.807) is 26.3 Å². The molecule has 87 heavy (non-hydrogen) atoms. The van der Waals surface area contributed by atoms with Crippen molar-refractivity contribution in [3.63, 3.8) is 0 Å². The molecular weight excluding hydrogens is 1140 g/mol. The van der Waals surface area contributed by atoms with E-state index >= 15 is 0 Å². The summed E-state index contributed by atoms with van der Waals surface area (Å²) in [5, 5.41) is 28.1. The van der Waals surface area contributed by atoms with Gasteiger partial charge < -0.3 is 30.7 Å². The van der Waals surface area contributed by atoms with Crippen LogP contribution in [-0.2, 0) is 40.4 Å². The fourth-order valence-corrected chi connectivity index (χ4v) is 14.3. The molecule has 4 aliphatic rings. The molecule has 5 N–H and O–H groups in total. The van der Waals surface area contributed by atoms with Crippen LogP contribution in [0.2, 0.25) is 0 Å². The summed E-state index contributed by atoms with van der Waals surface area (Å²) >= 11 is 2.97. The summed E-state index contributed by atoms with van der Waals surface area (Å²) in [6, 6.07) is 22.5. The van der Waals surface area contributed by atoms with Gasteiger partial charge in [-0.3, -0.25) is 34.0 Å². The molecule has 0 radical (unpaired) electrons. The van der Waals surface area contributed by atoms with E-state index in [-0.39, 0.29) is 49.8 Å². The Bertz CT molecular complexity index is 3640. The molecule has 4 atom stereocenters. The molecule has 3 saturated carbocycles. The molecule has 11 rings (SSSR count). The summed E-state index contributed by atoms with van der Waals surface area (Å²) in [7, 11) is 0. The lowest BCUT2D eigenvalue weighted by Gasteiger charge is -2.33. The fraction of sp³-hybridized carbons (Fsp3) is 0.478. The van der Waals surface area contributed by atoms with Crippen molar-refractivity contribution in [2.45, 2.75) is 162 Å². The smallest absolute Gasteiger partial charge is 0.270 e. The van der Waals surface area contributed by atoms with E-state index in [1.807, 2.05) is 79.9 Å². The number of aryl methyl sites for hydroxylation is 1. The number of carbonyl (C=O) groups is 5. The number of ketones is 1. The molecule has 0 bridgehead atoms. The van der Waals surface area contributed by atoms with Crippen molar-refractivity contribution >= 4 is 73.3 Å². The number of fused-ring (bicyclic) bond motifs is 2. The van der Waals surface area contributed by atoms with Gasteiger partial charge in [0.25, 0.3) is 17.7 Å². The van der Waals surface area contributed by atoms with Gasteiger partial charge in [0.15, 0.2) is 16.6 Å². The number of benzene rings is 3. The zero-order valence-electron chi connectivity index (χ0n) is 50.4. The topological polar surface area (TPSA) is 223 Å². The normalized spacial score (nSPS) is 18.7. The van der Waals surface area contributed by atoms with Crippen molar-refractivity contribution < 1.29 is 38.2 Å². The van der Waals surface area contributed by atoms with Crippen molar-refractivity contribution in [3.05, 3.63) is 124 Å². The van der Waals surface area contributed by atoms with Crippen LogP contribution < -0.4 is 30.9 Å². The van der Waals surface area contributed by atoms with Crippen molar-refractivity contribution in [1.29, 1.82) is 0 Å². The Labute approximate surface area is 515 Å². The molecular formula is C67H79FN10O7S2. The number of alkyl halides is 1. The number of nitrogens with zero attached hydrogens (tertiary/aromatic N) is 6. The van der Waals surface area contributed by atoms with Crippen LogP contribution in [0, 0.1) is 37.0 Å². The number of halogens is 1. The molecule has 1 unspecified atom stereocenters. The van der Waals surface area contributed by atoms with Crippen molar-refractivity contribution in [3.8, 4) is 27.3 Å². The van der Waals surface area contributed by atoms with E-state index in [1.165, 1.54) is 54.8 Å². The second-order valence-corrected chi connectivity index (χ2v) is 27.1. The van der Waals surface area contributed by atoms with Crippen LogP contribution in [0.3, 0.4) is 0 Å². The number of thiazole rings is 2. The molecule has 1 aliphatic heterocycles. The summed E-state index contributed by atoms with van der Waals surface area (Å²) < 4.78 is 24.4. The van der Waals surface area contributed by atoms with Crippen LogP contribution in [0.1, 0.15) is 153 Å². The second-order valence-electron chi connectivity index (χ2n) is 25.3. The van der Waals surface area contributed by atoms with Crippen LogP contribution in [0.15, 0.2) is 84.5 Å². The highest BCUT2D eigenvalue weighted by atomic mass is 32.1. The van der Waals surface area contributed by atoms with E-state index in [0.29, 0.717) is 66.5 Å². The summed E-state index contributed by atoms with van der Waals surface area (Å²) in [5.74, 6) is -1.96. The van der Waals surface area contributed by atoms with E-state index < -0.39 is 46.9 Å². The summed E-state index contributed by atoms with van der Waals surface area (Å²) in [5.41, 5.74) is 7.98. The number of hydrogen-bond donors (Lipinski definition) is 5. The molecule has 3 fully saturated rings. The number of aliphatic hydroxyl groups is 1. The van der Waals surface area contributed by atoms with Gasteiger partial charge in [0.05, 0.1) is 57.2 Å². The van der Waals surface area contributed by atoms with Gasteiger partial charge in [0, 0.05) is 66.6 Å². The maximum atomic E-state index is 14.8. The Morgan fingerprint density at radius 2 is 1.67 bits per heavy atom. The molecule has 7 aromatic rings. The summed E-state index contributed by atoms with van der Waals surface area (Å²) in [6.45, 7) is 12.3. The predicted octanol–water partition coefficient (Wildman–Crippen LogP) is 11.7. The molecule has 0 saturated heterocycles. The molecule has 3 aromatic carbocycles. The molecule has 20 heteroatoms. The van der Waals surface area contributed by atoms with Crippen LogP contribution in [-0.4, -0.2) is 96.8 Å². The Kier molecular flexibility index (Phi) is 18.7. The van der Waals surface area contributed by atoms with E-state index in [0.717, 1.165) is 92.1 Å². The monoisotopic (exact) mass is 1220 g/mol. The first-order valence-electron chi connectivity index (χ1n) is 30.9. The number of carbonyl (C=O) groups excluding carboxylic acids is 5. The number of amides is 4. The standard InChI is InChI=1S/C67H79FN10O7S2/c1-40-59(86-39-71-40)44-22-23-45(35-70-61(81)50-34-46(79)33-49(50)58(80)60(66(3,4)5)75-64(84)67(68)27-28-67)54(32-44)85-31-14-7-6-13-29-69-63(83)57-47(51-36-72-78(41(51)2)37-42-16-9-8-10-17-42)24-25-56(74-57)77-30-26-43-18-15-19-48(52(43)38-77)62(82)76-65-73-53-20-11-12-21-55(53)87-65/h11-12,15,18-25,32,36,39,42,46,49-50,60,79H,6-10,13-14,16-17,26-31,33-35,37-38H2,1-5H3,(H,69,83)(H,70,81)(H,75,84)(H,73,76,82)/t46-,49?,50+,60+/m0/s1.